The highest BCUT2D eigenvalue weighted by atomic mass is 32.2. The minimum atomic E-state index is -5.10. The minimum Gasteiger partial charge on any atom is -0.480 e. The largest absolute Gasteiger partial charge is 0.573 e. The lowest BCUT2D eigenvalue weighted by Crippen LogP contribution is -2.51. The standard InChI is InChI=1S/C13H14F3NO6S/c14-13(15,16)23-10-3-1-2-4-11(10)24(21,22)17-6-5-8(18)7-9(17)12(19)20/h1-4,8-9,18H,5-7H2,(H,19,20)/t8-,9+/m1/s1. The number of hydrogen-bond donors (Lipinski definition) is 2. The predicted octanol–water partition coefficient (Wildman–Crippen LogP) is 1.18. The van der Waals surface area contributed by atoms with Crippen LogP contribution in [0, 0.1) is 0 Å². The Morgan fingerprint density at radius 2 is 1.92 bits per heavy atom. The van der Waals surface area contributed by atoms with Gasteiger partial charge in [0.2, 0.25) is 10.0 Å². The van der Waals surface area contributed by atoms with Gasteiger partial charge in [-0.15, -0.1) is 13.2 Å². The molecular formula is C13H14F3NO6S. The fourth-order valence-corrected chi connectivity index (χ4v) is 4.16. The molecule has 0 aromatic heterocycles. The summed E-state index contributed by atoms with van der Waals surface area (Å²) in [6.07, 6.45) is -6.47. The van der Waals surface area contributed by atoms with Crippen LogP contribution in [0.5, 0.6) is 5.75 Å². The summed E-state index contributed by atoms with van der Waals surface area (Å²) in [6.45, 7) is -0.333. The Morgan fingerprint density at radius 1 is 1.29 bits per heavy atom. The van der Waals surface area contributed by atoms with Crippen LogP contribution in [0.2, 0.25) is 0 Å². The van der Waals surface area contributed by atoms with E-state index < -0.39 is 45.1 Å². The number of benzene rings is 1. The molecule has 2 N–H and O–H groups in total. The summed E-state index contributed by atoms with van der Waals surface area (Å²) < 4.78 is 66.9. The SMILES string of the molecule is O=C(O)[C@@H]1C[C@H](O)CCN1S(=O)(=O)c1ccccc1OC(F)(F)F. The zero-order valence-corrected chi connectivity index (χ0v) is 12.9. The van der Waals surface area contributed by atoms with Crippen LogP contribution in [-0.4, -0.2) is 54.0 Å². The monoisotopic (exact) mass is 369 g/mol. The van der Waals surface area contributed by atoms with Crippen molar-refractivity contribution < 1.29 is 41.3 Å². The molecule has 1 aliphatic rings. The number of alkyl halides is 3. The highest BCUT2D eigenvalue weighted by molar-refractivity contribution is 7.89. The zero-order chi connectivity index (χ0) is 18.1. The first-order valence-electron chi connectivity index (χ1n) is 6.80. The predicted molar refractivity (Wildman–Crippen MR) is 73.7 cm³/mol. The highest BCUT2D eigenvalue weighted by Gasteiger charge is 2.42. The van der Waals surface area contributed by atoms with Crippen molar-refractivity contribution >= 4 is 16.0 Å². The molecule has 0 spiro atoms. The first kappa shape index (κ1) is 18.5. The van der Waals surface area contributed by atoms with Crippen molar-refractivity contribution in [2.45, 2.75) is 36.2 Å². The average molecular weight is 369 g/mol. The van der Waals surface area contributed by atoms with Gasteiger partial charge in [-0.1, -0.05) is 12.1 Å². The Balaban J connectivity index is 2.45. The molecule has 1 aromatic rings. The minimum absolute atomic E-state index is 0.0225. The number of piperidine rings is 1. The number of ether oxygens (including phenoxy) is 1. The Morgan fingerprint density at radius 3 is 2.50 bits per heavy atom. The smallest absolute Gasteiger partial charge is 0.480 e. The van der Waals surface area contributed by atoms with Crippen molar-refractivity contribution in [3.8, 4) is 5.75 Å². The number of nitrogens with zero attached hydrogens (tertiary/aromatic N) is 1. The summed E-state index contributed by atoms with van der Waals surface area (Å²) in [5.41, 5.74) is 0. The molecule has 1 saturated heterocycles. The van der Waals surface area contributed by atoms with Crippen LogP contribution in [0.15, 0.2) is 29.2 Å². The number of carbonyl (C=O) groups is 1. The van der Waals surface area contributed by atoms with E-state index in [0.717, 1.165) is 18.2 Å². The first-order chi connectivity index (χ1) is 11.0. The van der Waals surface area contributed by atoms with Gasteiger partial charge in [0.05, 0.1) is 6.10 Å². The third-order valence-electron chi connectivity index (χ3n) is 3.47. The molecule has 11 heteroatoms. The summed E-state index contributed by atoms with van der Waals surface area (Å²) in [7, 11) is -4.57. The van der Waals surface area contributed by atoms with Gasteiger partial charge in [-0.3, -0.25) is 4.79 Å². The number of carboxylic acid groups (broad SMARTS) is 1. The molecule has 134 valence electrons. The van der Waals surface area contributed by atoms with Crippen LogP contribution in [0.1, 0.15) is 12.8 Å². The lowest BCUT2D eigenvalue weighted by Gasteiger charge is -2.34. The number of halogens is 3. The van der Waals surface area contributed by atoms with Gasteiger partial charge in [-0.05, 0) is 18.6 Å². The average Bonchev–Trinajstić information content (AvgIpc) is 2.45. The summed E-state index contributed by atoms with van der Waals surface area (Å²) in [5.74, 6) is -2.44. The van der Waals surface area contributed by atoms with Crippen LogP contribution < -0.4 is 4.74 Å². The molecule has 24 heavy (non-hydrogen) atoms. The van der Waals surface area contributed by atoms with Gasteiger partial charge in [0.25, 0.3) is 0 Å². The Hall–Kier alpha value is -1.85. The van der Waals surface area contributed by atoms with E-state index in [1.807, 2.05) is 0 Å². The fourth-order valence-electron chi connectivity index (χ4n) is 2.44. The van der Waals surface area contributed by atoms with E-state index in [1.54, 1.807) is 0 Å². The quantitative estimate of drug-likeness (QED) is 0.826. The van der Waals surface area contributed by atoms with Crippen LogP contribution in [0.3, 0.4) is 0 Å². The Kier molecular flexibility index (Phi) is 5.06. The number of para-hydroxylation sites is 1. The van der Waals surface area contributed by atoms with Crippen molar-refractivity contribution in [3.05, 3.63) is 24.3 Å². The lowest BCUT2D eigenvalue weighted by atomic mass is 10.0. The fraction of sp³-hybridized carbons (Fsp3) is 0.462. The van der Waals surface area contributed by atoms with Gasteiger partial charge in [0, 0.05) is 13.0 Å². The number of hydrogen-bond acceptors (Lipinski definition) is 5. The number of rotatable bonds is 4. The maximum atomic E-state index is 12.6. The van der Waals surface area contributed by atoms with E-state index in [0.29, 0.717) is 4.31 Å². The summed E-state index contributed by atoms with van der Waals surface area (Å²) in [6, 6.07) is 2.52. The van der Waals surface area contributed by atoms with Gasteiger partial charge in [0.1, 0.15) is 16.7 Å². The second-order valence-electron chi connectivity index (χ2n) is 5.14. The number of aliphatic hydroxyl groups excluding tert-OH is 1. The second kappa shape index (κ2) is 6.57. The maximum Gasteiger partial charge on any atom is 0.573 e. The topological polar surface area (TPSA) is 104 Å². The van der Waals surface area contributed by atoms with Gasteiger partial charge in [0.15, 0.2) is 0 Å². The van der Waals surface area contributed by atoms with E-state index in [1.165, 1.54) is 6.07 Å². The van der Waals surface area contributed by atoms with Gasteiger partial charge >= 0.3 is 12.3 Å². The molecule has 1 aliphatic heterocycles. The molecule has 1 heterocycles. The Bertz CT molecular complexity index is 721. The van der Waals surface area contributed by atoms with Crippen molar-refractivity contribution in [1.82, 2.24) is 4.31 Å². The molecule has 2 atom stereocenters. The van der Waals surface area contributed by atoms with Crippen LogP contribution >= 0.6 is 0 Å². The van der Waals surface area contributed by atoms with Gasteiger partial charge in [-0.25, -0.2) is 8.42 Å². The number of carboxylic acids is 1. The molecule has 2 rings (SSSR count). The molecular weight excluding hydrogens is 355 g/mol. The zero-order valence-electron chi connectivity index (χ0n) is 12.1. The third-order valence-corrected chi connectivity index (χ3v) is 5.42. The first-order valence-corrected chi connectivity index (χ1v) is 8.24. The molecule has 1 fully saturated rings. The molecule has 0 saturated carbocycles. The molecule has 1 aromatic carbocycles. The van der Waals surface area contributed by atoms with Crippen molar-refractivity contribution in [1.29, 1.82) is 0 Å². The van der Waals surface area contributed by atoms with Crippen LogP contribution in [0.25, 0.3) is 0 Å². The van der Waals surface area contributed by atoms with Crippen molar-refractivity contribution in [2.75, 3.05) is 6.54 Å². The summed E-state index contributed by atoms with van der Waals surface area (Å²) >= 11 is 0. The summed E-state index contributed by atoms with van der Waals surface area (Å²) in [5, 5.41) is 18.7. The van der Waals surface area contributed by atoms with Crippen LogP contribution in [0.4, 0.5) is 13.2 Å². The molecule has 7 nitrogen and oxygen atoms in total. The second-order valence-corrected chi connectivity index (χ2v) is 7.00. The lowest BCUT2D eigenvalue weighted by molar-refractivity contribution is -0.275. The van der Waals surface area contributed by atoms with E-state index in [-0.39, 0.29) is 19.4 Å². The summed E-state index contributed by atoms with van der Waals surface area (Å²) in [4.78, 5) is 10.5. The van der Waals surface area contributed by atoms with Crippen LogP contribution in [-0.2, 0) is 14.8 Å². The Labute approximate surface area is 135 Å². The van der Waals surface area contributed by atoms with Gasteiger partial charge in [-0.2, -0.15) is 4.31 Å². The van der Waals surface area contributed by atoms with Crippen molar-refractivity contribution in [3.63, 3.8) is 0 Å². The van der Waals surface area contributed by atoms with E-state index in [4.69, 9.17) is 5.11 Å². The van der Waals surface area contributed by atoms with E-state index in [9.17, 15) is 31.5 Å². The molecule has 0 unspecified atom stereocenters. The maximum absolute atomic E-state index is 12.6. The number of sulfonamides is 1. The van der Waals surface area contributed by atoms with E-state index in [2.05, 4.69) is 4.74 Å². The molecule has 0 amide bonds. The van der Waals surface area contributed by atoms with Crippen molar-refractivity contribution in [2.24, 2.45) is 0 Å². The van der Waals surface area contributed by atoms with E-state index >= 15 is 0 Å². The molecule has 0 radical (unpaired) electrons. The number of aliphatic carboxylic acids is 1. The normalized spacial score (nSPS) is 23.0. The molecule has 0 bridgehead atoms. The van der Waals surface area contributed by atoms with Gasteiger partial charge < -0.3 is 14.9 Å². The third kappa shape index (κ3) is 3.97. The molecule has 0 aliphatic carbocycles. The highest BCUT2D eigenvalue weighted by Crippen LogP contribution is 2.33. The number of aliphatic hydroxyl groups is 1.